The van der Waals surface area contributed by atoms with Crippen molar-refractivity contribution in [1.29, 1.82) is 5.26 Å². The van der Waals surface area contributed by atoms with Gasteiger partial charge in [-0.3, -0.25) is 4.79 Å². The molecule has 0 radical (unpaired) electrons. The molecule has 21 heavy (non-hydrogen) atoms. The lowest BCUT2D eigenvalue weighted by Gasteiger charge is -2.05. The predicted octanol–water partition coefficient (Wildman–Crippen LogP) is 1.17. The van der Waals surface area contributed by atoms with Crippen LogP contribution in [0.3, 0.4) is 0 Å². The van der Waals surface area contributed by atoms with Crippen LogP contribution in [-0.4, -0.2) is 20.9 Å². The second-order valence-corrected chi connectivity index (χ2v) is 5.32. The molecule has 1 heterocycles. The van der Waals surface area contributed by atoms with Gasteiger partial charge in [-0.25, -0.2) is 4.68 Å². The van der Waals surface area contributed by atoms with Crippen molar-refractivity contribution in [1.82, 2.24) is 15.0 Å². The van der Waals surface area contributed by atoms with Crippen LogP contribution in [0.2, 0.25) is 0 Å². The van der Waals surface area contributed by atoms with E-state index >= 15 is 0 Å². The van der Waals surface area contributed by atoms with Gasteiger partial charge in [0.1, 0.15) is 0 Å². The van der Waals surface area contributed by atoms with E-state index in [0.29, 0.717) is 18.4 Å². The average molecular weight is 281 g/mol. The van der Waals surface area contributed by atoms with Crippen molar-refractivity contribution in [3.63, 3.8) is 0 Å². The van der Waals surface area contributed by atoms with Crippen molar-refractivity contribution in [2.45, 2.75) is 31.2 Å². The molecule has 0 unspecified atom stereocenters. The maximum atomic E-state index is 11.4. The molecule has 1 amide bonds. The smallest absolute Gasteiger partial charge is 0.248 e. The number of amides is 1. The summed E-state index contributed by atoms with van der Waals surface area (Å²) in [5, 5.41) is 17.3. The summed E-state index contributed by atoms with van der Waals surface area (Å²) >= 11 is 0. The molecule has 6 heteroatoms. The van der Waals surface area contributed by atoms with Crippen LogP contribution in [0.4, 0.5) is 0 Å². The number of nitriles is 1. The maximum Gasteiger partial charge on any atom is 0.248 e. The van der Waals surface area contributed by atoms with Gasteiger partial charge in [0.05, 0.1) is 18.0 Å². The lowest BCUT2D eigenvalue weighted by atomic mass is 10.0. The second kappa shape index (κ2) is 5.02. The van der Waals surface area contributed by atoms with Crippen LogP contribution in [0.25, 0.3) is 0 Å². The molecule has 0 bridgehead atoms. The normalized spacial score (nSPS) is 15.4. The van der Waals surface area contributed by atoms with Crippen molar-refractivity contribution in [2.75, 3.05) is 0 Å². The SMILES string of the molecule is N#CC1(n2cc(CCc3ccccc3C(N)=O)nn2)CC1. The van der Waals surface area contributed by atoms with Gasteiger partial charge in [-0.2, -0.15) is 5.26 Å². The van der Waals surface area contributed by atoms with Crippen molar-refractivity contribution in [3.8, 4) is 6.07 Å². The first-order valence-corrected chi connectivity index (χ1v) is 6.85. The number of aromatic nitrogens is 3. The molecule has 1 aromatic carbocycles. The van der Waals surface area contributed by atoms with Gasteiger partial charge in [0.2, 0.25) is 5.91 Å². The highest BCUT2D eigenvalue weighted by Crippen LogP contribution is 2.41. The molecule has 1 aliphatic rings. The van der Waals surface area contributed by atoms with Crippen LogP contribution in [-0.2, 0) is 18.4 Å². The average Bonchev–Trinajstić information content (AvgIpc) is 3.16. The quantitative estimate of drug-likeness (QED) is 0.889. The number of nitrogens with zero attached hydrogens (tertiary/aromatic N) is 4. The minimum atomic E-state index is -0.476. The highest BCUT2D eigenvalue weighted by atomic mass is 16.1. The molecule has 0 spiro atoms. The topological polar surface area (TPSA) is 97.6 Å². The van der Waals surface area contributed by atoms with Gasteiger partial charge in [-0.15, -0.1) is 5.10 Å². The van der Waals surface area contributed by atoms with E-state index in [1.165, 1.54) is 0 Å². The van der Waals surface area contributed by atoms with E-state index < -0.39 is 11.4 Å². The van der Waals surface area contributed by atoms with Gasteiger partial charge in [0.25, 0.3) is 0 Å². The maximum absolute atomic E-state index is 11.4. The first-order chi connectivity index (χ1) is 10.1. The summed E-state index contributed by atoms with van der Waals surface area (Å²) in [5.74, 6) is -0.421. The molecule has 2 aromatic rings. The lowest BCUT2D eigenvalue weighted by molar-refractivity contribution is 0.0999. The van der Waals surface area contributed by atoms with Gasteiger partial charge >= 0.3 is 0 Å². The van der Waals surface area contributed by atoms with Gasteiger partial charge in [0.15, 0.2) is 5.54 Å². The van der Waals surface area contributed by atoms with Crippen molar-refractivity contribution in [3.05, 3.63) is 47.3 Å². The van der Waals surface area contributed by atoms with Crippen molar-refractivity contribution >= 4 is 5.91 Å². The fourth-order valence-corrected chi connectivity index (χ4v) is 2.37. The van der Waals surface area contributed by atoms with E-state index in [4.69, 9.17) is 11.0 Å². The van der Waals surface area contributed by atoms with Crippen LogP contribution < -0.4 is 5.73 Å². The van der Waals surface area contributed by atoms with Crippen LogP contribution >= 0.6 is 0 Å². The number of carbonyl (C=O) groups is 1. The third-order valence-electron chi connectivity index (χ3n) is 3.84. The predicted molar refractivity (Wildman–Crippen MR) is 75.2 cm³/mol. The Morgan fingerprint density at radius 1 is 1.38 bits per heavy atom. The number of carbonyl (C=O) groups excluding carboxylic acids is 1. The molecule has 2 N–H and O–H groups in total. The Hall–Kier alpha value is -2.68. The van der Waals surface area contributed by atoms with Gasteiger partial charge in [-0.1, -0.05) is 23.4 Å². The van der Waals surface area contributed by atoms with E-state index in [1.54, 1.807) is 16.8 Å². The molecule has 0 aliphatic heterocycles. The summed E-state index contributed by atoms with van der Waals surface area (Å²) in [6.07, 6.45) is 4.81. The summed E-state index contributed by atoms with van der Waals surface area (Å²) < 4.78 is 1.66. The molecule has 1 aromatic heterocycles. The summed E-state index contributed by atoms with van der Waals surface area (Å²) in [6.45, 7) is 0. The zero-order chi connectivity index (χ0) is 14.9. The number of benzene rings is 1. The molecule has 0 saturated heterocycles. The number of hydrogen-bond donors (Lipinski definition) is 1. The van der Waals surface area contributed by atoms with E-state index in [-0.39, 0.29) is 0 Å². The second-order valence-electron chi connectivity index (χ2n) is 5.32. The van der Waals surface area contributed by atoms with Gasteiger partial charge in [-0.05, 0) is 37.3 Å². The number of nitrogens with two attached hydrogens (primary N) is 1. The Kier molecular flexibility index (Phi) is 3.18. The van der Waals surface area contributed by atoms with Crippen molar-refractivity contribution < 1.29 is 4.79 Å². The zero-order valence-corrected chi connectivity index (χ0v) is 11.5. The van der Waals surface area contributed by atoms with Gasteiger partial charge < -0.3 is 5.73 Å². The number of aryl methyl sites for hydroxylation is 2. The first-order valence-electron chi connectivity index (χ1n) is 6.85. The Morgan fingerprint density at radius 2 is 2.14 bits per heavy atom. The molecular formula is C15H15N5O. The Labute approximate surface area is 122 Å². The fourth-order valence-electron chi connectivity index (χ4n) is 2.37. The summed E-state index contributed by atoms with van der Waals surface area (Å²) in [7, 11) is 0. The number of hydrogen-bond acceptors (Lipinski definition) is 4. The molecule has 1 fully saturated rings. The molecule has 1 aliphatic carbocycles. The highest BCUT2D eigenvalue weighted by Gasteiger charge is 2.46. The Morgan fingerprint density at radius 3 is 2.81 bits per heavy atom. The molecule has 1 saturated carbocycles. The van der Waals surface area contributed by atoms with Crippen LogP contribution in [0.1, 0.15) is 34.5 Å². The standard InChI is InChI=1S/C15H15N5O/c16-10-15(7-8-15)20-9-12(18-19-20)6-5-11-3-1-2-4-13(11)14(17)21/h1-4,9H,5-8H2,(H2,17,21). The first kappa shape index (κ1) is 13.3. The summed E-state index contributed by atoms with van der Waals surface area (Å²) in [4.78, 5) is 11.4. The zero-order valence-electron chi connectivity index (χ0n) is 11.5. The minimum Gasteiger partial charge on any atom is -0.366 e. The molecule has 106 valence electrons. The molecule has 3 rings (SSSR count). The van der Waals surface area contributed by atoms with Crippen molar-refractivity contribution in [2.24, 2.45) is 5.73 Å². The third kappa shape index (κ3) is 2.50. The van der Waals surface area contributed by atoms with Crippen LogP contribution in [0.15, 0.2) is 30.5 Å². The Bertz CT molecular complexity index is 724. The minimum absolute atomic E-state index is 0.421. The molecule has 0 atom stereocenters. The summed E-state index contributed by atoms with van der Waals surface area (Å²) in [5.41, 5.74) is 7.15. The third-order valence-corrected chi connectivity index (χ3v) is 3.84. The molecule has 6 nitrogen and oxygen atoms in total. The molecular weight excluding hydrogens is 266 g/mol. The van der Waals surface area contributed by atoms with E-state index in [9.17, 15) is 4.79 Å². The number of primary amides is 1. The van der Waals surface area contributed by atoms with E-state index in [1.807, 2.05) is 18.3 Å². The monoisotopic (exact) mass is 281 g/mol. The van der Waals surface area contributed by atoms with E-state index in [2.05, 4.69) is 16.4 Å². The summed E-state index contributed by atoms with van der Waals surface area (Å²) in [6, 6.07) is 9.57. The lowest BCUT2D eigenvalue weighted by Crippen LogP contribution is -2.15. The number of rotatable bonds is 5. The van der Waals surface area contributed by atoms with E-state index in [0.717, 1.165) is 24.1 Å². The largest absolute Gasteiger partial charge is 0.366 e. The van der Waals surface area contributed by atoms with Crippen LogP contribution in [0.5, 0.6) is 0 Å². The van der Waals surface area contributed by atoms with Gasteiger partial charge in [0, 0.05) is 5.56 Å². The highest BCUT2D eigenvalue weighted by molar-refractivity contribution is 5.94. The van der Waals surface area contributed by atoms with Crippen LogP contribution in [0, 0.1) is 11.3 Å². The Balaban J connectivity index is 1.72. The fraction of sp³-hybridized carbons (Fsp3) is 0.333.